The number of hydrogen-bond donors (Lipinski definition) is 12. The molecule has 8 fully saturated rings. The van der Waals surface area contributed by atoms with Crippen molar-refractivity contribution < 1.29 is 94.4 Å². The highest BCUT2D eigenvalue weighted by Gasteiger charge is 2.72. The van der Waals surface area contributed by atoms with Crippen molar-refractivity contribution in [2.45, 2.75) is 235 Å². The molecule has 19 heteroatoms. The van der Waals surface area contributed by atoms with Gasteiger partial charge in [-0.25, -0.2) is 0 Å². The maximum atomic E-state index is 12.3. The van der Waals surface area contributed by atoms with Crippen LogP contribution in [-0.4, -0.2) is 203 Å². The number of aliphatic hydroxyl groups excluding tert-OH is 12. The van der Waals surface area contributed by atoms with Gasteiger partial charge in [0.15, 0.2) is 18.9 Å². The third kappa shape index (κ3) is 8.40. The Balaban J connectivity index is 0.973. The van der Waals surface area contributed by atoms with Crippen molar-refractivity contribution >= 4 is 0 Å². The lowest BCUT2D eigenvalue weighted by atomic mass is 9.35. The highest BCUT2D eigenvalue weighted by molar-refractivity contribution is 5.20. The summed E-state index contributed by atoms with van der Waals surface area (Å²) in [4.78, 5) is 0. The normalized spacial score (nSPS) is 55.7. The van der Waals surface area contributed by atoms with Crippen LogP contribution in [0.3, 0.4) is 0 Å². The number of rotatable bonds is 11. The minimum atomic E-state index is -1.78. The second-order valence-corrected chi connectivity index (χ2v) is 23.8. The van der Waals surface area contributed by atoms with E-state index in [1.165, 1.54) is 0 Å². The maximum Gasteiger partial charge on any atom is 0.187 e. The van der Waals surface area contributed by atoms with Gasteiger partial charge in [-0.15, -0.1) is 0 Å². The summed E-state index contributed by atoms with van der Waals surface area (Å²) in [5.74, 6) is 0.505. The molecule has 388 valence electrons. The first-order valence-corrected chi connectivity index (χ1v) is 24.8. The van der Waals surface area contributed by atoms with Crippen molar-refractivity contribution in [3.8, 4) is 0 Å². The van der Waals surface area contributed by atoms with Crippen LogP contribution < -0.4 is 0 Å². The molecule has 0 aromatic rings. The van der Waals surface area contributed by atoms with Crippen molar-refractivity contribution in [1.29, 1.82) is 0 Å². The van der Waals surface area contributed by atoms with Crippen LogP contribution in [0.2, 0.25) is 0 Å². The number of hydrogen-bond acceptors (Lipinski definition) is 19. The third-order valence-corrected chi connectivity index (χ3v) is 19.7. The fraction of sp³-hybridized carbons (Fsp3) is 1.00. The molecule has 4 aliphatic heterocycles. The van der Waals surface area contributed by atoms with E-state index in [1.54, 1.807) is 0 Å². The summed E-state index contributed by atoms with van der Waals surface area (Å²) >= 11 is 0. The lowest BCUT2D eigenvalue weighted by Gasteiger charge is -2.70. The van der Waals surface area contributed by atoms with Crippen LogP contribution >= 0.6 is 0 Å². The molecule has 0 unspecified atom stereocenters. The molecule has 0 aromatic carbocycles. The molecule has 4 saturated heterocycles. The van der Waals surface area contributed by atoms with Gasteiger partial charge in [0.1, 0.15) is 73.2 Å². The summed E-state index contributed by atoms with van der Waals surface area (Å²) < 4.78 is 43.5. The van der Waals surface area contributed by atoms with Crippen LogP contribution in [0.15, 0.2) is 0 Å². The standard InChI is InChI=1S/C48H82O19/c1-43(2)26-11-15-46(6)27(45(26,5)14-12-28(43)64-42-39(36(58)33(55)25(20-51)63-42)65-40-37(59)34(56)31(53)23(18-49)61-40)10-9-21-30(22(52)17-47(21,46)7)48(8)16-13-29(66-48)44(3,4)67-41-38(60)35(57)32(54)24(19-50)62-41/h21-42,49-60H,9-20H2,1-8H3/t21-,22+,23+,24+,25+,26+,27-,28-,29-,30+,31+,32+,33+,34-,35-,36-,37+,38+,39+,40-,41-,42-,45-,46+,47+,48-/m0/s1. The van der Waals surface area contributed by atoms with Crippen molar-refractivity contribution in [2.24, 2.45) is 45.3 Å². The van der Waals surface area contributed by atoms with E-state index >= 15 is 0 Å². The monoisotopic (exact) mass is 963 g/mol. The van der Waals surface area contributed by atoms with Gasteiger partial charge in [-0.05, 0) is 118 Å². The molecule has 67 heavy (non-hydrogen) atoms. The highest BCUT2D eigenvalue weighted by atomic mass is 16.8. The highest BCUT2D eigenvalue weighted by Crippen LogP contribution is 2.76. The van der Waals surface area contributed by atoms with Crippen molar-refractivity contribution in [3.05, 3.63) is 0 Å². The number of aliphatic hydroxyl groups is 12. The van der Waals surface area contributed by atoms with E-state index in [9.17, 15) is 61.3 Å². The minimum absolute atomic E-state index is 0.124. The zero-order valence-corrected chi connectivity index (χ0v) is 40.4. The Morgan fingerprint density at radius 1 is 0.537 bits per heavy atom. The van der Waals surface area contributed by atoms with E-state index in [2.05, 4.69) is 41.5 Å². The van der Waals surface area contributed by atoms with E-state index in [0.29, 0.717) is 31.6 Å². The van der Waals surface area contributed by atoms with Gasteiger partial charge in [-0.1, -0.05) is 34.6 Å². The smallest absolute Gasteiger partial charge is 0.187 e. The van der Waals surface area contributed by atoms with Gasteiger partial charge in [0.2, 0.25) is 0 Å². The average Bonchev–Trinajstić information content (AvgIpc) is 3.81. The minimum Gasteiger partial charge on any atom is -0.394 e. The first kappa shape index (κ1) is 52.6. The molecule has 26 atom stereocenters. The van der Waals surface area contributed by atoms with Gasteiger partial charge >= 0.3 is 0 Å². The average molecular weight is 963 g/mol. The molecule has 0 spiro atoms. The predicted molar refractivity (Wildman–Crippen MR) is 233 cm³/mol. The van der Waals surface area contributed by atoms with E-state index in [-0.39, 0.29) is 34.0 Å². The summed E-state index contributed by atoms with van der Waals surface area (Å²) in [6.45, 7) is 15.5. The molecule has 4 heterocycles. The fourth-order valence-corrected chi connectivity index (χ4v) is 15.8. The van der Waals surface area contributed by atoms with E-state index in [4.69, 9.17) is 33.2 Å². The predicted octanol–water partition coefficient (Wildman–Crippen LogP) is -0.816. The Morgan fingerprint density at radius 3 is 1.69 bits per heavy atom. The molecule has 0 aromatic heterocycles. The summed E-state index contributed by atoms with van der Waals surface area (Å²) in [5.41, 5.74) is -2.63. The Kier molecular flexibility index (Phi) is 14.6. The van der Waals surface area contributed by atoms with Crippen molar-refractivity contribution in [2.75, 3.05) is 19.8 Å². The SMILES string of the molecule is CC(C)(O[C@@H]1O[C@H](CO)[C@@H](O)[C@H](O)[C@H]1O)[C@@H]1CC[C@@](C)([C@H]2[C@H](O)C[C@]3(C)[C@H]2CC[C@H]2[C@@]4(C)CC[C@H](O[C@@H]5O[C@H](CO)[C@@H](O)[C@H](O)[C@H]5O[C@@H]5O[C@H](CO)[C@@H](O)[C@H](O)[C@H]5O)C(C)(C)[C@H]4CC[C@]23C)O1. The lowest BCUT2D eigenvalue weighted by molar-refractivity contribution is -0.378. The van der Waals surface area contributed by atoms with Gasteiger partial charge in [-0.3, -0.25) is 0 Å². The first-order valence-electron chi connectivity index (χ1n) is 24.8. The molecule has 19 nitrogen and oxygen atoms in total. The zero-order valence-electron chi connectivity index (χ0n) is 40.4. The van der Waals surface area contributed by atoms with Crippen molar-refractivity contribution in [1.82, 2.24) is 0 Å². The number of fused-ring (bicyclic) bond motifs is 5. The zero-order chi connectivity index (χ0) is 49.1. The largest absolute Gasteiger partial charge is 0.394 e. The Hall–Kier alpha value is -0.760. The Bertz CT molecular complexity index is 1720. The molecular formula is C48H82O19. The van der Waals surface area contributed by atoms with E-state index < -0.39 is 147 Å². The quantitative estimate of drug-likeness (QED) is 0.113. The second-order valence-electron chi connectivity index (χ2n) is 23.8. The third-order valence-electron chi connectivity index (χ3n) is 19.7. The van der Waals surface area contributed by atoms with Gasteiger partial charge in [-0.2, -0.15) is 0 Å². The molecule has 8 aliphatic rings. The lowest BCUT2D eigenvalue weighted by Crippen LogP contribution is -2.66. The molecular weight excluding hydrogens is 881 g/mol. The topological polar surface area (TPSA) is 307 Å². The Labute approximate surface area is 393 Å². The summed E-state index contributed by atoms with van der Waals surface area (Å²) in [6.07, 6.45) is -16.8. The molecule has 4 aliphatic carbocycles. The molecule has 12 N–H and O–H groups in total. The van der Waals surface area contributed by atoms with Gasteiger partial charge < -0.3 is 94.4 Å². The van der Waals surface area contributed by atoms with Crippen LogP contribution in [-0.2, 0) is 33.2 Å². The van der Waals surface area contributed by atoms with Gasteiger partial charge in [0.25, 0.3) is 0 Å². The molecule has 0 bridgehead atoms. The van der Waals surface area contributed by atoms with Crippen molar-refractivity contribution in [3.63, 3.8) is 0 Å². The van der Waals surface area contributed by atoms with Gasteiger partial charge in [0, 0.05) is 5.92 Å². The van der Waals surface area contributed by atoms with Crippen LogP contribution in [0.5, 0.6) is 0 Å². The molecule has 0 amide bonds. The van der Waals surface area contributed by atoms with Crippen LogP contribution in [0.1, 0.15) is 113 Å². The number of ether oxygens (including phenoxy) is 7. The first-order chi connectivity index (χ1) is 31.2. The van der Waals surface area contributed by atoms with Crippen LogP contribution in [0.4, 0.5) is 0 Å². The molecule has 0 radical (unpaired) electrons. The van der Waals surface area contributed by atoms with Gasteiger partial charge in [0.05, 0.1) is 49.3 Å². The van der Waals surface area contributed by atoms with Crippen LogP contribution in [0, 0.1) is 45.3 Å². The molecule has 8 rings (SSSR count). The summed E-state index contributed by atoms with van der Waals surface area (Å²) in [7, 11) is 0. The molecule has 4 saturated carbocycles. The summed E-state index contributed by atoms with van der Waals surface area (Å²) in [6, 6.07) is 0. The van der Waals surface area contributed by atoms with Crippen LogP contribution in [0.25, 0.3) is 0 Å². The summed E-state index contributed by atoms with van der Waals surface area (Å²) in [5, 5.41) is 127. The maximum absolute atomic E-state index is 12.3. The fourth-order valence-electron chi connectivity index (χ4n) is 15.8. The van der Waals surface area contributed by atoms with E-state index in [1.807, 2.05) is 13.8 Å². The second kappa shape index (κ2) is 18.6. The Morgan fingerprint density at radius 2 is 1.09 bits per heavy atom. The van der Waals surface area contributed by atoms with E-state index in [0.717, 1.165) is 32.1 Å².